The summed E-state index contributed by atoms with van der Waals surface area (Å²) in [6, 6.07) is -11.1. The average molecular weight is 1040 g/mol. The fourth-order valence-corrected chi connectivity index (χ4v) is 8.61. The number of aliphatic hydroxyl groups is 2. The Bertz CT molecular complexity index is 1870. The number of carboxylic acids is 1. The summed E-state index contributed by atoms with van der Waals surface area (Å²) < 4.78 is 0. The van der Waals surface area contributed by atoms with Crippen LogP contribution in [0.25, 0.3) is 0 Å². The minimum Gasteiger partial charge on any atom is -0.480 e. The summed E-state index contributed by atoms with van der Waals surface area (Å²) in [5.41, 5.74) is 6.17. The zero-order valence-corrected chi connectivity index (χ0v) is 47.4. The molecular weight excluding hydrogens is 943 g/mol. The highest BCUT2D eigenvalue weighted by molar-refractivity contribution is 5.98. The van der Waals surface area contributed by atoms with Crippen LogP contribution < -0.4 is 27.0 Å². The van der Waals surface area contributed by atoms with Gasteiger partial charge in [-0.1, -0.05) is 88.3 Å². The van der Waals surface area contributed by atoms with Crippen molar-refractivity contribution < 1.29 is 58.5 Å². The lowest BCUT2D eigenvalue weighted by Crippen LogP contribution is -2.63. The number of amides is 8. The Kier molecular flexibility index (Phi) is 29.3. The van der Waals surface area contributed by atoms with Gasteiger partial charge in [0.2, 0.25) is 47.3 Å². The number of rotatable bonds is 31. The van der Waals surface area contributed by atoms with Gasteiger partial charge in [0.1, 0.15) is 42.3 Å². The normalized spacial score (nSPS) is 16.8. The van der Waals surface area contributed by atoms with E-state index in [1.807, 2.05) is 55.4 Å². The lowest BCUT2D eigenvalue weighted by molar-refractivity contribution is -0.155. The maximum atomic E-state index is 14.6. The Hall–Kier alpha value is -5.15. The Morgan fingerprint density at radius 2 is 0.945 bits per heavy atom. The number of carbonyl (C=O) groups is 9. The fourth-order valence-electron chi connectivity index (χ4n) is 8.61. The number of carboxylic acid groups (broad SMARTS) is 1. The van der Waals surface area contributed by atoms with Gasteiger partial charge in [-0.05, 0) is 95.3 Å². The zero-order valence-electron chi connectivity index (χ0n) is 47.4. The van der Waals surface area contributed by atoms with Crippen LogP contribution in [0.15, 0.2) is 12.2 Å². The second-order valence-electron chi connectivity index (χ2n) is 21.9. The van der Waals surface area contributed by atoms with Crippen molar-refractivity contribution in [1.82, 2.24) is 40.9 Å². The molecule has 0 saturated heterocycles. The van der Waals surface area contributed by atoms with Crippen LogP contribution in [0.4, 0.5) is 0 Å². The SMILES string of the molecule is CC=CC[C@@H](C)[C@@H](O)[C@@H](C(=O)N[C@H](C(=O)O)[C@@H](C)O)N(C)C(=O)[C@H](C(C)C)N(C)C(=O)[C@H](CC(C)C)NC(=O)[C@H](CC(C)C)N(C)C(=O)[C@@H](C)NC(=O)[C@H](C)NC(=O)[C@H](CC(C)C)N(C)C(=O)[C@@H](N)CC(C)C. The van der Waals surface area contributed by atoms with E-state index in [0.29, 0.717) is 19.3 Å². The Morgan fingerprint density at radius 1 is 0.507 bits per heavy atom. The Morgan fingerprint density at radius 3 is 1.37 bits per heavy atom. The topological polar surface area (TPSA) is 301 Å². The Labute approximate surface area is 435 Å². The number of carbonyl (C=O) groups excluding carboxylic acids is 8. The number of nitrogens with zero attached hydrogens (tertiary/aromatic N) is 4. The number of hydrogen-bond acceptors (Lipinski definition) is 12. The molecule has 0 radical (unpaired) electrons. The second kappa shape index (κ2) is 31.6. The third-order valence-corrected chi connectivity index (χ3v) is 12.8. The van der Waals surface area contributed by atoms with Crippen LogP contribution in [0.5, 0.6) is 0 Å². The van der Waals surface area contributed by atoms with Crippen LogP contribution in [0, 0.1) is 35.5 Å². The standard InChI is InChI=1S/C52H95N9O12/c1-20-21-22-32(12)43(63)42(47(67)57-40(35(15)62)52(72)73)61(19)51(71)41(31(10)11)60(18)50(70)37(24-28(4)5)56-46(66)39(26-30(8)9)58(16)48(68)34(14)55-44(64)33(13)54-45(65)38(25-29(6)7)59(17)49(69)36(53)23-27(2)3/h20-21,27-43,62-63H,22-26,53H2,1-19H3,(H,54,65)(H,55,64)(H,56,66)(H,57,67)(H,72,73)/t32-,33+,34-,35-,36+,37+,38+,39+,40+,41+,42+,43-/m1/s1. The molecule has 0 bridgehead atoms. The average Bonchev–Trinajstić information content (AvgIpc) is 3.28. The third kappa shape index (κ3) is 21.3. The molecule has 0 aromatic heterocycles. The van der Waals surface area contributed by atoms with Crippen LogP contribution in [0.2, 0.25) is 0 Å². The van der Waals surface area contributed by atoms with Gasteiger partial charge in [0.25, 0.3) is 0 Å². The smallest absolute Gasteiger partial charge is 0.328 e. The van der Waals surface area contributed by atoms with E-state index >= 15 is 0 Å². The van der Waals surface area contributed by atoms with E-state index in [1.165, 1.54) is 63.7 Å². The number of nitrogens with two attached hydrogens (primary N) is 1. The van der Waals surface area contributed by atoms with E-state index in [2.05, 4.69) is 21.3 Å². The van der Waals surface area contributed by atoms with Crippen LogP contribution in [0.3, 0.4) is 0 Å². The van der Waals surface area contributed by atoms with Gasteiger partial charge in [-0.3, -0.25) is 38.4 Å². The summed E-state index contributed by atoms with van der Waals surface area (Å²) in [6.07, 6.45) is 1.75. The van der Waals surface area contributed by atoms with Crippen molar-refractivity contribution in [3.63, 3.8) is 0 Å². The molecule has 21 heteroatoms. The lowest BCUT2D eigenvalue weighted by atomic mass is 9.91. The molecule has 73 heavy (non-hydrogen) atoms. The van der Waals surface area contributed by atoms with Crippen LogP contribution in [-0.2, 0) is 43.2 Å². The highest BCUT2D eigenvalue weighted by Crippen LogP contribution is 2.23. The number of likely N-dealkylation sites (N-methyl/N-ethyl adjacent to an activating group) is 4. The largest absolute Gasteiger partial charge is 0.480 e. The predicted octanol–water partition coefficient (Wildman–Crippen LogP) is 1.87. The van der Waals surface area contributed by atoms with E-state index in [9.17, 15) is 58.5 Å². The molecule has 0 aromatic rings. The number of aliphatic hydroxyl groups excluding tert-OH is 2. The van der Waals surface area contributed by atoms with Crippen LogP contribution in [-0.4, -0.2) is 183 Å². The van der Waals surface area contributed by atoms with Gasteiger partial charge in [0.05, 0.1) is 18.2 Å². The molecule has 0 aromatic carbocycles. The molecule has 0 aliphatic heterocycles. The van der Waals surface area contributed by atoms with Crippen molar-refractivity contribution in [2.24, 2.45) is 41.2 Å². The van der Waals surface area contributed by atoms with Gasteiger partial charge in [-0.15, -0.1) is 0 Å². The molecule has 0 unspecified atom stereocenters. The van der Waals surface area contributed by atoms with Crippen molar-refractivity contribution >= 4 is 53.2 Å². The van der Waals surface area contributed by atoms with E-state index in [0.717, 1.165) is 4.90 Å². The first kappa shape index (κ1) is 67.8. The third-order valence-electron chi connectivity index (χ3n) is 12.8. The van der Waals surface area contributed by atoms with E-state index in [4.69, 9.17) is 5.73 Å². The summed E-state index contributed by atoms with van der Waals surface area (Å²) in [5, 5.41) is 41.8. The second-order valence-corrected chi connectivity index (χ2v) is 21.9. The summed E-state index contributed by atoms with van der Waals surface area (Å²) in [7, 11) is 5.56. The molecule has 0 heterocycles. The number of aliphatic carboxylic acids is 1. The molecule has 0 aliphatic rings. The van der Waals surface area contributed by atoms with E-state index in [-0.39, 0.29) is 36.5 Å². The monoisotopic (exact) mass is 1040 g/mol. The summed E-state index contributed by atoms with van der Waals surface area (Å²) in [5.74, 6) is -8.34. The first-order valence-electron chi connectivity index (χ1n) is 25.8. The summed E-state index contributed by atoms with van der Waals surface area (Å²) in [6.45, 7) is 25.9. The molecule has 9 N–H and O–H groups in total. The molecule has 0 saturated carbocycles. The predicted molar refractivity (Wildman–Crippen MR) is 280 cm³/mol. The van der Waals surface area contributed by atoms with Gasteiger partial charge < -0.3 is 61.9 Å². The van der Waals surface area contributed by atoms with E-state index in [1.54, 1.807) is 39.8 Å². The lowest BCUT2D eigenvalue weighted by Gasteiger charge is -2.40. The van der Waals surface area contributed by atoms with Gasteiger partial charge in [-0.2, -0.15) is 0 Å². The van der Waals surface area contributed by atoms with Crippen molar-refractivity contribution in [2.45, 2.75) is 203 Å². The van der Waals surface area contributed by atoms with Gasteiger partial charge in [0, 0.05) is 28.2 Å². The van der Waals surface area contributed by atoms with Crippen molar-refractivity contribution in [2.75, 3.05) is 28.2 Å². The minimum atomic E-state index is -1.76. The van der Waals surface area contributed by atoms with Gasteiger partial charge >= 0.3 is 5.97 Å². The first-order chi connectivity index (χ1) is 33.5. The molecule has 0 rings (SSSR count). The van der Waals surface area contributed by atoms with Crippen molar-refractivity contribution in [1.29, 1.82) is 0 Å². The molecule has 0 aliphatic carbocycles. The van der Waals surface area contributed by atoms with Gasteiger partial charge in [-0.25, -0.2) is 4.79 Å². The molecule has 12 atom stereocenters. The summed E-state index contributed by atoms with van der Waals surface area (Å²) in [4.78, 5) is 128. The number of hydrogen-bond donors (Lipinski definition) is 8. The Balaban J connectivity index is 6.71. The molecule has 420 valence electrons. The maximum absolute atomic E-state index is 14.6. The van der Waals surface area contributed by atoms with Crippen LogP contribution >= 0.6 is 0 Å². The van der Waals surface area contributed by atoms with Gasteiger partial charge in [0.15, 0.2) is 6.04 Å². The quantitative estimate of drug-likeness (QED) is 0.0461. The van der Waals surface area contributed by atoms with Crippen molar-refractivity contribution in [3.8, 4) is 0 Å². The molecule has 21 nitrogen and oxygen atoms in total. The molecular formula is C52H95N9O12. The fraction of sp³-hybridized carbons (Fsp3) is 0.788. The van der Waals surface area contributed by atoms with Crippen molar-refractivity contribution in [3.05, 3.63) is 12.2 Å². The first-order valence-corrected chi connectivity index (χ1v) is 25.8. The number of allylic oxidation sites excluding steroid dienone is 2. The highest BCUT2D eigenvalue weighted by atomic mass is 16.4. The zero-order chi connectivity index (χ0) is 57.1. The maximum Gasteiger partial charge on any atom is 0.328 e. The summed E-state index contributed by atoms with van der Waals surface area (Å²) >= 11 is 0. The number of nitrogens with one attached hydrogen (secondary N) is 4. The van der Waals surface area contributed by atoms with E-state index < -0.39 is 132 Å². The van der Waals surface area contributed by atoms with Crippen LogP contribution in [0.1, 0.15) is 136 Å². The highest BCUT2D eigenvalue weighted by Gasteiger charge is 2.44. The minimum absolute atomic E-state index is 0.0107. The molecule has 0 fully saturated rings. The molecule has 0 spiro atoms. The molecule has 8 amide bonds.